The molecule has 1 aliphatic rings. The maximum atomic E-state index is 13.6. The molecule has 174 valence electrons. The molecule has 0 saturated carbocycles. The van der Waals surface area contributed by atoms with E-state index >= 15 is 0 Å². The Bertz CT molecular complexity index is 1410. The van der Waals surface area contributed by atoms with E-state index < -0.39 is 6.10 Å². The highest BCUT2D eigenvalue weighted by Gasteiger charge is 2.27. The van der Waals surface area contributed by atoms with Crippen LogP contribution >= 0.6 is 0 Å². The number of aromatic nitrogens is 3. The summed E-state index contributed by atoms with van der Waals surface area (Å²) in [4.78, 5) is 23.8. The quantitative estimate of drug-likeness (QED) is 0.407. The number of aliphatic hydroxyl groups is 1. The van der Waals surface area contributed by atoms with Gasteiger partial charge in [0.2, 0.25) is 0 Å². The van der Waals surface area contributed by atoms with Crippen molar-refractivity contribution in [1.82, 2.24) is 24.6 Å². The topological polar surface area (TPSA) is 94.8 Å². The van der Waals surface area contributed by atoms with Crippen molar-refractivity contribution in [1.29, 1.82) is 0 Å². The fourth-order valence-corrected chi connectivity index (χ4v) is 4.37. The first-order chi connectivity index (χ1) is 16.3. The Hall–Kier alpha value is -3.82. The number of carbonyl (C=O) groups excluding carboxylic acids is 1. The first kappa shape index (κ1) is 22.0. The van der Waals surface area contributed by atoms with Gasteiger partial charge in [-0.3, -0.25) is 9.20 Å². The van der Waals surface area contributed by atoms with E-state index in [-0.39, 0.29) is 11.7 Å². The van der Waals surface area contributed by atoms with E-state index in [2.05, 4.69) is 15.6 Å². The Labute approximate surface area is 196 Å². The Morgan fingerprint density at radius 1 is 1.26 bits per heavy atom. The first-order valence-corrected chi connectivity index (χ1v) is 11.0. The van der Waals surface area contributed by atoms with Gasteiger partial charge in [-0.25, -0.2) is 14.4 Å². The van der Waals surface area contributed by atoms with Crippen molar-refractivity contribution in [3.63, 3.8) is 0 Å². The van der Waals surface area contributed by atoms with E-state index in [4.69, 9.17) is 4.98 Å². The van der Waals surface area contributed by atoms with Gasteiger partial charge in [0.1, 0.15) is 17.3 Å². The van der Waals surface area contributed by atoms with Crippen LogP contribution < -0.4 is 10.6 Å². The molecule has 1 amide bonds. The van der Waals surface area contributed by atoms with Crippen molar-refractivity contribution in [2.45, 2.75) is 26.1 Å². The number of nitrogens with one attached hydrogen (secondary N) is 2. The third-order valence-corrected chi connectivity index (χ3v) is 5.91. The minimum Gasteiger partial charge on any atom is -0.389 e. The number of benzene rings is 1. The monoisotopic (exact) mass is 460 g/mol. The van der Waals surface area contributed by atoms with Crippen molar-refractivity contribution >= 4 is 23.1 Å². The van der Waals surface area contributed by atoms with Gasteiger partial charge in [0.25, 0.3) is 5.91 Å². The van der Waals surface area contributed by atoms with Crippen molar-refractivity contribution in [3.8, 4) is 11.3 Å². The minimum atomic E-state index is -0.634. The van der Waals surface area contributed by atoms with Crippen molar-refractivity contribution in [2.24, 2.45) is 0 Å². The van der Waals surface area contributed by atoms with Crippen LogP contribution in [0.2, 0.25) is 0 Å². The molecule has 3 aromatic heterocycles. The highest BCUT2D eigenvalue weighted by molar-refractivity contribution is 6.06. The number of imidazole rings is 1. The second-order valence-electron chi connectivity index (χ2n) is 8.68. The Balaban J connectivity index is 1.56. The molecule has 3 N–H and O–H groups in total. The summed E-state index contributed by atoms with van der Waals surface area (Å²) in [5, 5.41) is 16.3. The molecule has 1 aromatic carbocycles. The molecule has 0 bridgehead atoms. The predicted molar refractivity (Wildman–Crippen MR) is 127 cm³/mol. The van der Waals surface area contributed by atoms with E-state index in [0.717, 1.165) is 28.1 Å². The molecular weight excluding hydrogens is 435 g/mol. The Morgan fingerprint density at radius 3 is 2.85 bits per heavy atom. The zero-order chi connectivity index (χ0) is 24.0. The molecule has 1 unspecified atom stereocenters. The minimum absolute atomic E-state index is 0.173. The van der Waals surface area contributed by atoms with Crippen LogP contribution in [0.25, 0.3) is 16.9 Å². The molecule has 4 aromatic rings. The lowest BCUT2D eigenvalue weighted by Gasteiger charge is -2.18. The van der Waals surface area contributed by atoms with Crippen LogP contribution in [0.3, 0.4) is 0 Å². The standard InChI is InChI=1S/C25H25FN6O2/c1-14(33)16-5-7-22(30-20(16)13-31(2)3)29-19-6-4-17(18-11-28-25(34)24(18)19)21-12-27-23-10-15(26)8-9-32(21)23/h4-10,12,14,33H,11,13H2,1-3H3,(H,28,34)(H,29,30). The van der Waals surface area contributed by atoms with Gasteiger partial charge in [-0.15, -0.1) is 0 Å². The van der Waals surface area contributed by atoms with E-state index in [1.807, 2.05) is 37.2 Å². The van der Waals surface area contributed by atoms with Gasteiger partial charge in [-0.05, 0) is 44.8 Å². The van der Waals surface area contributed by atoms with E-state index in [0.29, 0.717) is 35.8 Å². The van der Waals surface area contributed by atoms with Crippen LogP contribution in [0.4, 0.5) is 15.9 Å². The molecule has 4 heterocycles. The number of carbonyl (C=O) groups is 1. The van der Waals surface area contributed by atoms with Gasteiger partial charge < -0.3 is 20.6 Å². The summed E-state index contributed by atoms with van der Waals surface area (Å²) in [5.74, 6) is 0.0588. The number of hydrogen-bond acceptors (Lipinski definition) is 6. The summed E-state index contributed by atoms with van der Waals surface area (Å²) in [6, 6.07) is 10.2. The molecule has 1 atom stereocenters. The van der Waals surface area contributed by atoms with Crippen molar-refractivity contribution in [2.75, 3.05) is 19.4 Å². The molecule has 0 fully saturated rings. The number of aliphatic hydroxyl groups excluding tert-OH is 1. The summed E-state index contributed by atoms with van der Waals surface area (Å²) >= 11 is 0. The average molecular weight is 461 g/mol. The van der Waals surface area contributed by atoms with Gasteiger partial charge in [0.05, 0.1) is 34.9 Å². The lowest BCUT2D eigenvalue weighted by atomic mass is 9.99. The third kappa shape index (κ3) is 3.89. The van der Waals surface area contributed by atoms with Crippen LogP contribution in [-0.2, 0) is 13.1 Å². The number of nitrogens with zero attached hydrogens (tertiary/aromatic N) is 4. The number of anilines is 2. The highest BCUT2D eigenvalue weighted by Crippen LogP contribution is 2.35. The number of amides is 1. The van der Waals surface area contributed by atoms with E-state index in [1.165, 1.54) is 12.1 Å². The fraction of sp³-hybridized carbons (Fsp3) is 0.240. The lowest BCUT2D eigenvalue weighted by molar-refractivity contribution is 0.0966. The third-order valence-electron chi connectivity index (χ3n) is 5.91. The molecular formula is C25H25FN6O2. The second kappa shape index (κ2) is 8.51. The Kier molecular flexibility index (Phi) is 5.51. The molecule has 5 rings (SSSR count). The summed E-state index contributed by atoms with van der Waals surface area (Å²) in [6.07, 6.45) is 2.68. The molecule has 34 heavy (non-hydrogen) atoms. The normalized spacial score (nSPS) is 13.9. The molecule has 0 spiro atoms. The molecule has 8 nitrogen and oxygen atoms in total. The van der Waals surface area contributed by atoms with Crippen molar-refractivity contribution < 1.29 is 14.3 Å². The van der Waals surface area contributed by atoms with Gasteiger partial charge in [-0.1, -0.05) is 12.1 Å². The zero-order valence-corrected chi connectivity index (χ0v) is 19.1. The van der Waals surface area contributed by atoms with E-state index in [1.54, 1.807) is 29.8 Å². The second-order valence-corrected chi connectivity index (χ2v) is 8.68. The number of rotatable bonds is 6. The van der Waals surface area contributed by atoms with Gasteiger partial charge in [0, 0.05) is 36.5 Å². The largest absolute Gasteiger partial charge is 0.389 e. The van der Waals surface area contributed by atoms with Crippen LogP contribution in [0, 0.1) is 5.82 Å². The number of pyridine rings is 2. The fourth-order valence-electron chi connectivity index (χ4n) is 4.37. The first-order valence-electron chi connectivity index (χ1n) is 11.0. The summed E-state index contributed by atoms with van der Waals surface area (Å²) in [7, 11) is 3.89. The van der Waals surface area contributed by atoms with Gasteiger partial charge >= 0.3 is 0 Å². The van der Waals surface area contributed by atoms with E-state index in [9.17, 15) is 14.3 Å². The maximum absolute atomic E-state index is 13.6. The highest BCUT2D eigenvalue weighted by atomic mass is 19.1. The van der Waals surface area contributed by atoms with Gasteiger partial charge in [-0.2, -0.15) is 0 Å². The molecule has 0 saturated heterocycles. The zero-order valence-electron chi connectivity index (χ0n) is 19.1. The van der Waals surface area contributed by atoms with Crippen LogP contribution in [-0.4, -0.2) is 44.4 Å². The Morgan fingerprint density at radius 2 is 2.09 bits per heavy atom. The maximum Gasteiger partial charge on any atom is 0.254 e. The van der Waals surface area contributed by atoms with Crippen LogP contribution in [0.1, 0.15) is 40.2 Å². The molecule has 9 heteroatoms. The van der Waals surface area contributed by atoms with Crippen LogP contribution in [0.5, 0.6) is 0 Å². The number of hydrogen-bond donors (Lipinski definition) is 3. The average Bonchev–Trinajstić information content (AvgIpc) is 3.37. The summed E-state index contributed by atoms with van der Waals surface area (Å²) in [6.45, 7) is 2.67. The number of halogens is 1. The summed E-state index contributed by atoms with van der Waals surface area (Å²) in [5.41, 5.74) is 5.69. The summed E-state index contributed by atoms with van der Waals surface area (Å²) < 4.78 is 15.4. The molecule has 1 aliphatic heterocycles. The molecule has 0 aliphatic carbocycles. The molecule has 0 radical (unpaired) electrons. The van der Waals surface area contributed by atoms with Crippen LogP contribution in [0.15, 0.2) is 48.8 Å². The lowest BCUT2D eigenvalue weighted by Crippen LogP contribution is -2.16. The number of fused-ring (bicyclic) bond motifs is 2. The van der Waals surface area contributed by atoms with Gasteiger partial charge in [0.15, 0.2) is 0 Å². The smallest absolute Gasteiger partial charge is 0.254 e. The van der Waals surface area contributed by atoms with Crippen molar-refractivity contribution in [3.05, 3.63) is 77.0 Å². The SMILES string of the molecule is CC(O)c1ccc(Nc2ccc(-c3cnc4cc(F)ccn34)c3c2C(=O)NC3)nc1CN(C)C. The predicted octanol–water partition coefficient (Wildman–Crippen LogP) is 3.64.